The lowest BCUT2D eigenvalue weighted by Crippen LogP contribution is -2.01. The summed E-state index contributed by atoms with van der Waals surface area (Å²) in [5.41, 5.74) is 1.54. The maximum Gasteiger partial charge on any atom is 0.161 e. The van der Waals surface area contributed by atoms with Crippen LogP contribution in [0.25, 0.3) is 0 Å². The Balaban J connectivity index is 2.18. The molecule has 0 saturated carbocycles. The number of ketones is 1. The van der Waals surface area contributed by atoms with Gasteiger partial charge in [-0.05, 0) is 31.2 Å². The fourth-order valence-electron chi connectivity index (χ4n) is 1.98. The molecule has 2 aromatic rings. The zero-order valence-electron chi connectivity index (χ0n) is 12.4. The highest BCUT2D eigenvalue weighted by molar-refractivity contribution is 5.94. The molecule has 0 aliphatic rings. The van der Waals surface area contributed by atoms with Gasteiger partial charge in [-0.1, -0.05) is 18.2 Å². The van der Waals surface area contributed by atoms with Gasteiger partial charge in [0.05, 0.1) is 14.2 Å². The Kier molecular flexibility index (Phi) is 4.82. The molecule has 0 atom stereocenters. The molecule has 0 spiro atoms. The quantitative estimate of drug-likeness (QED) is 0.763. The molecule has 2 aromatic carbocycles. The van der Waals surface area contributed by atoms with E-state index in [0.29, 0.717) is 23.7 Å². The Labute approximate surface area is 124 Å². The van der Waals surface area contributed by atoms with Crippen LogP contribution in [0.4, 0.5) is 0 Å². The lowest BCUT2D eigenvalue weighted by Gasteiger charge is -2.13. The lowest BCUT2D eigenvalue weighted by atomic mass is 10.1. The summed E-state index contributed by atoms with van der Waals surface area (Å²) < 4.78 is 16.3. The maximum atomic E-state index is 11.4. The first kappa shape index (κ1) is 14.9. The number of benzene rings is 2. The van der Waals surface area contributed by atoms with E-state index in [1.54, 1.807) is 32.4 Å². The molecule has 4 heteroatoms. The molecule has 2 rings (SSSR count). The summed E-state index contributed by atoms with van der Waals surface area (Å²) in [7, 11) is 3.18. The molecule has 0 amide bonds. The highest BCUT2D eigenvalue weighted by atomic mass is 16.5. The molecule has 0 radical (unpaired) electrons. The topological polar surface area (TPSA) is 44.8 Å². The molecule has 0 aliphatic carbocycles. The number of hydrogen-bond donors (Lipinski definition) is 0. The van der Waals surface area contributed by atoms with E-state index < -0.39 is 0 Å². The second kappa shape index (κ2) is 6.79. The first-order valence-corrected chi connectivity index (χ1v) is 6.59. The van der Waals surface area contributed by atoms with Crippen molar-refractivity contribution in [3.8, 4) is 17.2 Å². The summed E-state index contributed by atoms with van der Waals surface area (Å²) in [6, 6.07) is 12.8. The van der Waals surface area contributed by atoms with Crippen molar-refractivity contribution in [1.29, 1.82) is 0 Å². The zero-order chi connectivity index (χ0) is 15.2. The fraction of sp³-hybridized carbons (Fsp3) is 0.235. The van der Waals surface area contributed by atoms with Crippen LogP contribution >= 0.6 is 0 Å². The molecule has 0 unspecified atom stereocenters. The molecule has 21 heavy (non-hydrogen) atoms. The minimum Gasteiger partial charge on any atom is -0.496 e. The monoisotopic (exact) mass is 286 g/mol. The number of hydrogen-bond acceptors (Lipinski definition) is 4. The van der Waals surface area contributed by atoms with Crippen LogP contribution < -0.4 is 14.2 Å². The van der Waals surface area contributed by atoms with Crippen molar-refractivity contribution in [3.05, 3.63) is 53.6 Å². The number of carbonyl (C=O) groups is 1. The highest BCUT2D eigenvalue weighted by Crippen LogP contribution is 2.30. The Morgan fingerprint density at radius 1 is 0.952 bits per heavy atom. The van der Waals surface area contributed by atoms with Gasteiger partial charge in [0.25, 0.3) is 0 Å². The molecule has 110 valence electrons. The van der Waals surface area contributed by atoms with E-state index in [2.05, 4.69) is 0 Å². The molecule has 0 aliphatic heterocycles. The van der Waals surface area contributed by atoms with Crippen LogP contribution in [0.3, 0.4) is 0 Å². The standard InChI is InChI=1S/C17H18O4/c1-12(18)13-8-9-16(17(10-13)20-3)21-11-14-6-4-5-7-15(14)19-2/h4-10H,11H2,1-3H3. The first-order chi connectivity index (χ1) is 10.2. The van der Waals surface area contributed by atoms with Gasteiger partial charge in [0, 0.05) is 11.1 Å². The molecular formula is C17H18O4. The van der Waals surface area contributed by atoms with Crippen LogP contribution in [-0.4, -0.2) is 20.0 Å². The average molecular weight is 286 g/mol. The van der Waals surface area contributed by atoms with Gasteiger partial charge >= 0.3 is 0 Å². The number of methoxy groups -OCH3 is 2. The normalized spacial score (nSPS) is 10.0. The van der Waals surface area contributed by atoms with Crippen molar-refractivity contribution in [1.82, 2.24) is 0 Å². The molecule has 0 heterocycles. The SMILES string of the molecule is COc1ccccc1COc1ccc(C(C)=O)cc1OC. The number of Topliss-reactive ketones (excluding diaryl/α,β-unsaturated/α-hetero) is 1. The predicted molar refractivity (Wildman–Crippen MR) is 80.3 cm³/mol. The summed E-state index contributed by atoms with van der Waals surface area (Å²) in [5.74, 6) is 1.90. The van der Waals surface area contributed by atoms with E-state index in [4.69, 9.17) is 14.2 Å². The molecule has 0 N–H and O–H groups in total. The van der Waals surface area contributed by atoms with Crippen molar-refractivity contribution in [3.63, 3.8) is 0 Å². The minimum atomic E-state index is -0.00965. The third-order valence-corrected chi connectivity index (χ3v) is 3.15. The fourth-order valence-corrected chi connectivity index (χ4v) is 1.98. The van der Waals surface area contributed by atoms with Crippen LogP contribution in [0.15, 0.2) is 42.5 Å². The van der Waals surface area contributed by atoms with Crippen LogP contribution in [0.2, 0.25) is 0 Å². The number of ether oxygens (including phenoxy) is 3. The second-order valence-corrected chi connectivity index (χ2v) is 4.52. The van der Waals surface area contributed by atoms with Gasteiger partial charge in [-0.2, -0.15) is 0 Å². The van der Waals surface area contributed by atoms with Gasteiger partial charge in [0.2, 0.25) is 0 Å². The van der Waals surface area contributed by atoms with E-state index in [9.17, 15) is 4.79 Å². The van der Waals surface area contributed by atoms with Crippen LogP contribution in [-0.2, 0) is 6.61 Å². The molecular weight excluding hydrogens is 268 g/mol. The van der Waals surface area contributed by atoms with Crippen LogP contribution in [0.5, 0.6) is 17.2 Å². The van der Waals surface area contributed by atoms with E-state index in [-0.39, 0.29) is 5.78 Å². The van der Waals surface area contributed by atoms with Crippen molar-refractivity contribution in [2.75, 3.05) is 14.2 Å². The summed E-state index contributed by atoms with van der Waals surface area (Å²) in [6.45, 7) is 1.88. The smallest absolute Gasteiger partial charge is 0.161 e. The molecule has 0 bridgehead atoms. The first-order valence-electron chi connectivity index (χ1n) is 6.59. The summed E-state index contributed by atoms with van der Waals surface area (Å²) in [4.78, 5) is 11.4. The number of carbonyl (C=O) groups excluding carboxylic acids is 1. The van der Waals surface area contributed by atoms with E-state index in [0.717, 1.165) is 11.3 Å². The Hall–Kier alpha value is -2.49. The number of para-hydroxylation sites is 1. The van der Waals surface area contributed by atoms with Crippen LogP contribution in [0.1, 0.15) is 22.8 Å². The molecule has 0 aromatic heterocycles. The van der Waals surface area contributed by atoms with E-state index in [1.165, 1.54) is 6.92 Å². The lowest BCUT2D eigenvalue weighted by molar-refractivity contribution is 0.101. The number of rotatable bonds is 6. The van der Waals surface area contributed by atoms with E-state index >= 15 is 0 Å². The largest absolute Gasteiger partial charge is 0.496 e. The van der Waals surface area contributed by atoms with Crippen molar-refractivity contribution in [2.24, 2.45) is 0 Å². The van der Waals surface area contributed by atoms with Gasteiger partial charge in [-0.25, -0.2) is 0 Å². The maximum absolute atomic E-state index is 11.4. The van der Waals surface area contributed by atoms with Gasteiger partial charge in [0.15, 0.2) is 17.3 Å². The second-order valence-electron chi connectivity index (χ2n) is 4.52. The van der Waals surface area contributed by atoms with Gasteiger partial charge in [0.1, 0.15) is 12.4 Å². The van der Waals surface area contributed by atoms with Crippen molar-refractivity contribution >= 4 is 5.78 Å². The van der Waals surface area contributed by atoms with Gasteiger partial charge in [-0.15, -0.1) is 0 Å². The molecule has 0 saturated heterocycles. The minimum absolute atomic E-state index is 0.00965. The van der Waals surface area contributed by atoms with Gasteiger partial charge < -0.3 is 14.2 Å². The zero-order valence-corrected chi connectivity index (χ0v) is 12.4. The van der Waals surface area contributed by atoms with E-state index in [1.807, 2.05) is 24.3 Å². The Morgan fingerprint density at radius 3 is 2.33 bits per heavy atom. The van der Waals surface area contributed by atoms with Crippen molar-refractivity contribution < 1.29 is 19.0 Å². The van der Waals surface area contributed by atoms with Gasteiger partial charge in [-0.3, -0.25) is 4.79 Å². The van der Waals surface area contributed by atoms with Crippen LogP contribution in [0, 0.1) is 0 Å². The van der Waals surface area contributed by atoms with Crippen molar-refractivity contribution in [2.45, 2.75) is 13.5 Å². The summed E-state index contributed by atoms with van der Waals surface area (Å²) in [5, 5.41) is 0. The molecule has 0 fully saturated rings. The average Bonchev–Trinajstić information content (AvgIpc) is 2.52. The third-order valence-electron chi connectivity index (χ3n) is 3.15. The Morgan fingerprint density at radius 2 is 1.67 bits per heavy atom. The predicted octanol–water partition coefficient (Wildman–Crippen LogP) is 3.49. The summed E-state index contributed by atoms with van der Waals surface area (Å²) >= 11 is 0. The summed E-state index contributed by atoms with van der Waals surface area (Å²) in [6.07, 6.45) is 0. The Bertz CT molecular complexity index is 634. The third kappa shape index (κ3) is 3.54. The molecule has 4 nitrogen and oxygen atoms in total. The highest BCUT2D eigenvalue weighted by Gasteiger charge is 2.09.